The van der Waals surface area contributed by atoms with Gasteiger partial charge in [-0.1, -0.05) is 12.1 Å². The first-order valence-corrected chi connectivity index (χ1v) is 7.59. The Balaban J connectivity index is 1.94. The molecule has 5 nitrogen and oxygen atoms in total. The maximum atomic E-state index is 12.2. The Bertz CT molecular complexity index is 552. The van der Waals surface area contributed by atoms with Gasteiger partial charge in [-0.15, -0.1) is 0 Å². The second-order valence-electron chi connectivity index (χ2n) is 5.38. The van der Waals surface area contributed by atoms with E-state index in [-0.39, 0.29) is 17.8 Å². The minimum atomic E-state index is -0.206. The number of nitrogen functional groups attached to an aromatic ring is 1. The average Bonchev–Trinajstić information content (AvgIpc) is 2.54. The molecule has 0 spiro atoms. The molecule has 2 rings (SSSR count). The molecule has 1 fully saturated rings. The Morgan fingerprint density at radius 2 is 2.09 bits per heavy atom. The Morgan fingerprint density at radius 3 is 2.77 bits per heavy atom. The van der Waals surface area contributed by atoms with Crippen LogP contribution in [0.2, 0.25) is 0 Å². The lowest BCUT2D eigenvalue weighted by molar-refractivity contribution is -0.150. The molecular weight excluding hydrogens is 280 g/mol. The summed E-state index contributed by atoms with van der Waals surface area (Å²) in [7, 11) is 0. The number of carbonyl (C=O) groups excluding carboxylic acids is 2. The number of likely N-dealkylation sites (tertiary alicyclic amines) is 1. The molecule has 0 radical (unpaired) electrons. The first-order valence-electron chi connectivity index (χ1n) is 7.59. The van der Waals surface area contributed by atoms with E-state index in [4.69, 9.17) is 10.5 Å². The van der Waals surface area contributed by atoms with Crippen LogP contribution < -0.4 is 5.73 Å². The summed E-state index contributed by atoms with van der Waals surface area (Å²) in [4.78, 5) is 25.7. The third kappa shape index (κ3) is 4.35. The van der Waals surface area contributed by atoms with Crippen molar-refractivity contribution in [3.8, 4) is 0 Å². The Labute approximate surface area is 130 Å². The van der Waals surface area contributed by atoms with E-state index in [0.717, 1.165) is 18.4 Å². The Morgan fingerprint density at radius 1 is 1.36 bits per heavy atom. The van der Waals surface area contributed by atoms with Gasteiger partial charge in [-0.3, -0.25) is 9.59 Å². The molecule has 0 bridgehead atoms. The van der Waals surface area contributed by atoms with Gasteiger partial charge in [-0.05, 0) is 43.5 Å². The van der Waals surface area contributed by atoms with E-state index in [1.165, 1.54) is 0 Å². The molecule has 1 aromatic rings. The number of hydrogen-bond donors (Lipinski definition) is 1. The summed E-state index contributed by atoms with van der Waals surface area (Å²) in [5, 5.41) is 0. The summed E-state index contributed by atoms with van der Waals surface area (Å²) in [5.74, 6) is -0.490. The van der Waals surface area contributed by atoms with E-state index in [1.807, 2.05) is 12.1 Å². The highest BCUT2D eigenvalue weighted by atomic mass is 16.5. The number of hydrogen-bond acceptors (Lipinski definition) is 4. The van der Waals surface area contributed by atoms with Crippen LogP contribution in [0.25, 0.3) is 6.08 Å². The number of nitrogens with two attached hydrogens (primary N) is 1. The molecule has 1 saturated heterocycles. The van der Waals surface area contributed by atoms with Crippen molar-refractivity contribution in [1.82, 2.24) is 4.90 Å². The van der Waals surface area contributed by atoms with Crippen molar-refractivity contribution in [2.75, 3.05) is 25.4 Å². The topological polar surface area (TPSA) is 72.6 Å². The van der Waals surface area contributed by atoms with Gasteiger partial charge in [0.2, 0.25) is 5.91 Å². The van der Waals surface area contributed by atoms with Crippen molar-refractivity contribution < 1.29 is 14.3 Å². The molecule has 1 aliphatic rings. The third-order valence-corrected chi connectivity index (χ3v) is 3.71. The predicted molar refractivity (Wildman–Crippen MR) is 85.8 cm³/mol. The summed E-state index contributed by atoms with van der Waals surface area (Å²) in [6.45, 7) is 3.28. The second kappa shape index (κ2) is 7.64. The van der Waals surface area contributed by atoms with Crippen LogP contribution >= 0.6 is 0 Å². The number of piperidine rings is 1. The van der Waals surface area contributed by atoms with E-state index < -0.39 is 0 Å². The number of nitrogens with zero attached hydrogens (tertiary/aromatic N) is 1. The van der Waals surface area contributed by atoms with E-state index in [1.54, 1.807) is 36.1 Å². The highest BCUT2D eigenvalue weighted by Gasteiger charge is 2.28. The van der Waals surface area contributed by atoms with Crippen LogP contribution in [0.1, 0.15) is 25.3 Å². The molecule has 1 heterocycles. The van der Waals surface area contributed by atoms with Gasteiger partial charge in [-0.2, -0.15) is 0 Å². The molecule has 0 aromatic heterocycles. The van der Waals surface area contributed by atoms with Crippen LogP contribution in [-0.4, -0.2) is 36.5 Å². The summed E-state index contributed by atoms with van der Waals surface area (Å²) in [6.07, 6.45) is 4.91. The van der Waals surface area contributed by atoms with Gasteiger partial charge >= 0.3 is 5.97 Å². The average molecular weight is 302 g/mol. The van der Waals surface area contributed by atoms with Gasteiger partial charge in [0.1, 0.15) is 0 Å². The summed E-state index contributed by atoms with van der Waals surface area (Å²) in [5.41, 5.74) is 7.23. The van der Waals surface area contributed by atoms with Gasteiger partial charge < -0.3 is 15.4 Å². The van der Waals surface area contributed by atoms with Crippen LogP contribution in [0.5, 0.6) is 0 Å². The van der Waals surface area contributed by atoms with Crippen molar-refractivity contribution in [3.05, 3.63) is 35.9 Å². The van der Waals surface area contributed by atoms with Crippen molar-refractivity contribution in [2.45, 2.75) is 19.8 Å². The molecule has 0 aliphatic carbocycles. The van der Waals surface area contributed by atoms with Gasteiger partial charge in [-0.25, -0.2) is 0 Å². The van der Waals surface area contributed by atoms with E-state index in [9.17, 15) is 9.59 Å². The van der Waals surface area contributed by atoms with Crippen molar-refractivity contribution in [2.24, 2.45) is 5.92 Å². The molecule has 1 amide bonds. The molecular formula is C17H22N2O3. The summed E-state index contributed by atoms with van der Waals surface area (Å²) in [6, 6.07) is 7.30. The number of ether oxygens (including phenoxy) is 1. The number of rotatable bonds is 4. The Hall–Kier alpha value is -2.30. The zero-order valence-electron chi connectivity index (χ0n) is 12.8. The fourth-order valence-corrected chi connectivity index (χ4v) is 2.51. The lowest BCUT2D eigenvalue weighted by Crippen LogP contribution is -2.42. The quantitative estimate of drug-likeness (QED) is 0.525. The van der Waals surface area contributed by atoms with Crippen LogP contribution in [0, 0.1) is 5.92 Å². The molecule has 5 heteroatoms. The third-order valence-electron chi connectivity index (χ3n) is 3.71. The molecule has 118 valence electrons. The minimum absolute atomic E-state index is 0.0779. The van der Waals surface area contributed by atoms with Gasteiger partial charge in [0.25, 0.3) is 0 Å². The zero-order valence-corrected chi connectivity index (χ0v) is 12.8. The highest BCUT2D eigenvalue weighted by molar-refractivity contribution is 5.92. The molecule has 1 atom stereocenters. The predicted octanol–water partition coefficient (Wildman–Crippen LogP) is 2.08. The van der Waals surface area contributed by atoms with Crippen LogP contribution in [-0.2, 0) is 14.3 Å². The first-order chi connectivity index (χ1) is 10.6. The smallest absolute Gasteiger partial charge is 0.310 e. The Kier molecular flexibility index (Phi) is 5.58. The maximum absolute atomic E-state index is 12.2. The largest absolute Gasteiger partial charge is 0.466 e. The van der Waals surface area contributed by atoms with Crippen LogP contribution in [0.4, 0.5) is 5.69 Å². The lowest BCUT2D eigenvalue weighted by atomic mass is 9.98. The van der Waals surface area contributed by atoms with Crippen LogP contribution in [0.3, 0.4) is 0 Å². The number of amides is 1. The number of benzene rings is 1. The van der Waals surface area contributed by atoms with Crippen molar-refractivity contribution in [1.29, 1.82) is 0 Å². The molecule has 1 unspecified atom stereocenters. The second-order valence-corrected chi connectivity index (χ2v) is 5.38. The fraction of sp³-hybridized carbons (Fsp3) is 0.412. The monoisotopic (exact) mass is 302 g/mol. The highest BCUT2D eigenvalue weighted by Crippen LogP contribution is 2.18. The van der Waals surface area contributed by atoms with Gasteiger partial charge in [0.15, 0.2) is 0 Å². The molecule has 22 heavy (non-hydrogen) atoms. The summed E-state index contributed by atoms with van der Waals surface area (Å²) < 4.78 is 5.04. The first kappa shape index (κ1) is 16.1. The number of anilines is 1. The molecule has 1 aliphatic heterocycles. The molecule has 2 N–H and O–H groups in total. The van der Waals surface area contributed by atoms with E-state index >= 15 is 0 Å². The lowest BCUT2D eigenvalue weighted by Gasteiger charge is -2.30. The molecule has 1 aromatic carbocycles. The van der Waals surface area contributed by atoms with Crippen molar-refractivity contribution >= 4 is 23.6 Å². The van der Waals surface area contributed by atoms with Crippen molar-refractivity contribution in [3.63, 3.8) is 0 Å². The van der Waals surface area contributed by atoms with E-state index in [2.05, 4.69) is 0 Å². The fourth-order valence-electron chi connectivity index (χ4n) is 2.51. The van der Waals surface area contributed by atoms with Crippen LogP contribution in [0.15, 0.2) is 30.3 Å². The number of carbonyl (C=O) groups is 2. The van der Waals surface area contributed by atoms with Gasteiger partial charge in [0, 0.05) is 24.9 Å². The molecule has 0 saturated carbocycles. The standard InChI is InChI=1S/C17H22N2O3/c1-2-22-17(21)14-4-3-11-19(12-14)16(20)10-7-13-5-8-15(18)9-6-13/h5-10,14H,2-4,11-12,18H2,1H3/b10-7+. The summed E-state index contributed by atoms with van der Waals surface area (Å²) >= 11 is 0. The normalized spacial score (nSPS) is 18.4. The SMILES string of the molecule is CCOC(=O)C1CCCN(C(=O)/C=C/c2ccc(N)cc2)C1. The number of esters is 1. The van der Waals surface area contributed by atoms with Gasteiger partial charge in [0.05, 0.1) is 12.5 Å². The zero-order chi connectivity index (χ0) is 15.9. The maximum Gasteiger partial charge on any atom is 0.310 e. The van der Waals surface area contributed by atoms with E-state index in [0.29, 0.717) is 25.4 Å². The minimum Gasteiger partial charge on any atom is -0.466 e.